The van der Waals surface area contributed by atoms with Crippen molar-refractivity contribution in [3.05, 3.63) is 12.7 Å². The minimum Gasteiger partial charge on any atom is -0.461 e. The number of halogens is 1. The molecule has 0 aromatic rings. The molecule has 10 fully saturated rings. The lowest BCUT2D eigenvalue weighted by Gasteiger charge is -2.54. The number of nitrogens with one attached hydrogen (secondary N) is 2. The lowest BCUT2D eigenvalue weighted by atomic mass is 9.57. The summed E-state index contributed by atoms with van der Waals surface area (Å²) in [5.41, 5.74) is -1.15. The van der Waals surface area contributed by atoms with Gasteiger partial charge in [-0.3, -0.25) is 33.7 Å². The second-order valence-corrected chi connectivity index (χ2v) is 26.8. The van der Waals surface area contributed by atoms with Crippen LogP contribution in [0.2, 0.25) is 0 Å². The Morgan fingerprint density at radius 1 is 0.811 bits per heavy atom. The molecule has 10 rings (SSSR count). The quantitative estimate of drug-likeness (QED) is 0.0439. The number of esters is 2. The first kappa shape index (κ1) is 54.7. The number of hydrogen-bond donors (Lipinski definition) is 3. The monoisotopic (exact) mass is 1140 g/mol. The molecule has 5 saturated carbocycles. The summed E-state index contributed by atoms with van der Waals surface area (Å²) in [6, 6.07) is -2.97. The van der Waals surface area contributed by atoms with E-state index in [1.807, 2.05) is 13.8 Å². The number of amides is 3. The zero-order valence-electron chi connectivity index (χ0n) is 44.4. The summed E-state index contributed by atoms with van der Waals surface area (Å²) < 4.78 is 25.8. The largest absolute Gasteiger partial charge is 0.461 e. The molecule has 10 aliphatic rings. The Labute approximate surface area is 453 Å². The van der Waals surface area contributed by atoms with Gasteiger partial charge in [-0.05, 0) is 145 Å². The number of aliphatic hydroxyl groups excluding tert-OH is 1. The number of nitrogens with zero attached hydrogens (tertiary/aromatic N) is 2. The van der Waals surface area contributed by atoms with Crippen LogP contribution in [0.4, 0.5) is 0 Å². The summed E-state index contributed by atoms with van der Waals surface area (Å²) >= 11 is 2.54. The molecule has 5 saturated heterocycles. The number of morpholine rings is 1. The standard InChI is InChI=1S/C58H87IN4O11/c1-4-26-73-55(68)47-50-56(69)74-51(36-13-9-6-10-14-36)49(34-11-7-5-8-12-34)63(50)52(58(47)42-31-38(59)19-24-43(42)61-57(58)70)37-17-22-40(23-18-37)72-29-28-71-27-25-46(65)41-32-45-53(66)60-44(30-33(2)3)54(67)62(45)48(41)35-15-20-39(64)21-16-35/h4,33-45,47-52,64H,1,5-32H2,2-3H3,(H,60,66)(H,61,70)/t35?,37?,38?,39?,40?,41-,42?,43?,44+,45+,47+,48+,49+,50+,51-,52-,58+/m1/s1. The number of piperazine rings is 1. The number of Topliss-reactive ketones (excluding diaryl/α,β-unsaturated/α-hetero) is 1. The highest BCUT2D eigenvalue weighted by atomic mass is 127. The molecule has 5 aliphatic carbocycles. The molecular weight excluding hydrogens is 1060 g/mol. The number of hydrogen-bond acceptors (Lipinski definition) is 12. The van der Waals surface area contributed by atoms with E-state index in [0.717, 1.165) is 109 Å². The van der Waals surface area contributed by atoms with Crippen LogP contribution in [0, 0.1) is 52.8 Å². The Kier molecular flexibility index (Phi) is 17.5. The van der Waals surface area contributed by atoms with Crippen LogP contribution in [-0.4, -0.2) is 141 Å². The number of alkyl halides is 1. The second-order valence-electron chi connectivity index (χ2n) is 25.0. The fourth-order valence-electron chi connectivity index (χ4n) is 17.3. The van der Waals surface area contributed by atoms with Crippen LogP contribution >= 0.6 is 22.6 Å². The van der Waals surface area contributed by atoms with Gasteiger partial charge in [0.15, 0.2) is 0 Å². The first-order chi connectivity index (χ1) is 35.8. The SMILES string of the molecule is C=CCOC(=O)[C@@H]1[C@H]2C(=O)O[C@H](C3CCCCC3)[C@H](C3CCCCC3)N2[C@H](C2CCC(OCCOCCC(=O)[C@H]3C[C@H]4C(=O)N[C@@H](CC(C)C)C(=O)N4[C@H]3C3CCC(O)CC3)CC2)[C@@]12C(=O)NC1CCC(I)CC12. The van der Waals surface area contributed by atoms with Crippen molar-refractivity contribution in [3.8, 4) is 0 Å². The third-order valence-corrected chi connectivity index (χ3v) is 21.5. The van der Waals surface area contributed by atoms with E-state index < -0.39 is 41.3 Å². The van der Waals surface area contributed by atoms with Gasteiger partial charge in [-0.25, -0.2) is 0 Å². The van der Waals surface area contributed by atoms with Crippen molar-refractivity contribution in [2.45, 2.75) is 232 Å². The summed E-state index contributed by atoms with van der Waals surface area (Å²) in [5, 5.41) is 16.8. The summed E-state index contributed by atoms with van der Waals surface area (Å²) in [7, 11) is 0. The molecule has 3 amide bonds. The molecular formula is C58H87IN4O11. The molecule has 5 heterocycles. The topological polar surface area (TPSA) is 190 Å². The molecule has 3 N–H and O–H groups in total. The molecule has 15 nitrogen and oxygen atoms in total. The Morgan fingerprint density at radius 2 is 1.49 bits per heavy atom. The summed E-state index contributed by atoms with van der Waals surface area (Å²) in [5.74, 6) is -1.87. The molecule has 412 valence electrons. The van der Waals surface area contributed by atoms with Crippen LogP contribution in [0.3, 0.4) is 0 Å². The van der Waals surface area contributed by atoms with Gasteiger partial charge >= 0.3 is 11.9 Å². The maximum atomic E-state index is 15.4. The average Bonchev–Trinajstić information content (AvgIpc) is 4.11. The maximum absolute atomic E-state index is 15.4. The van der Waals surface area contributed by atoms with Gasteiger partial charge < -0.3 is 39.6 Å². The summed E-state index contributed by atoms with van der Waals surface area (Å²) in [6.07, 6.45) is 21.5. The molecule has 3 unspecified atom stereocenters. The number of cyclic esters (lactones) is 1. The van der Waals surface area contributed by atoms with Crippen LogP contribution in [0.5, 0.6) is 0 Å². The normalized spacial score (nSPS) is 41.1. The van der Waals surface area contributed by atoms with E-state index in [1.165, 1.54) is 12.8 Å². The fraction of sp³-hybridized carbons (Fsp3) is 0.862. The van der Waals surface area contributed by atoms with E-state index in [4.69, 9.17) is 18.9 Å². The molecule has 74 heavy (non-hydrogen) atoms. The van der Waals surface area contributed by atoms with E-state index in [-0.39, 0.29) is 121 Å². The molecule has 0 aromatic carbocycles. The van der Waals surface area contributed by atoms with Gasteiger partial charge in [-0.1, -0.05) is 87.6 Å². The van der Waals surface area contributed by atoms with Crippen LogP contribution < -0.4 is 10.6 Å². The Morgan fingerprint density at radius 3 is 2.18 bits per heavy atom. The number of carbonyl (C=O) groups is 6. The number of fused-ring (bicyclic) bond motifs is 4. The van der Waals surface area contributed by atoms with Crippen LogP contribution in [0.25, 0.3) is 0 Å². The minimum absolute atomic E-state index is 0.00989. The Balaban J connectivity index is 0.829. The molecule has 0 aromatic heterocycles. The van der Waals surface area contributed by atoms with Crippen molar-refractivity contribution in [2.75, 3.05) is 26.4 Å². The van der Waals surface area contributed by atoms with Gasteiger partial charge in [0.1, 0.15) is 36.6 Å². The number of aliphatic hydroxyl groups is 1. The highest BCUT2D eigenvalue weighted by molar-refractivity contribution is 14.1. The van der Waals surface area contributed by atoms with Crippen molar-refractivity contribution in [1.29, 1.82) is 0 Å². The van der Waals surface area contributed by atoms with Crippen LogP contribution in [-0.2, 0) is 47.7 Å². The van der Waals surface area contributed by atoms with Crippen molar-refractivity contribution >= 4 is 58.0 Å². The van der Waals surface area contributed by atoms with Gasteiger partial charge in [0, 0.05) is 34.4 Å². The third kappa shape index (κ3) is 10.5. The zero-order valence-corrected chi connectivity index (χ0v) is 46.5. The first-order valence-electron chi connectivity index (χ1n) is 29.5. The summed E-state index contributed by atoms with van der Waals surface area (Å²) in [4.78, 5) is 91.3. The smallest absolute Gasteiger partial charge is 0.324 e. The number of carbonyl (C=O) groups excluding carboxylic acids is 6. The van der Waals surface area contributed by atoms with Crippen LogP contribution in [0.1, 0.15) is 168 Å². The van der Waals surface area contributed by atoms with E-state index in [0.29, 0.717) is 48.7 Å². The van der Waals surface area contributed by atoms with E-state index in [2.05, 4.69) is 44.7 Å². The fourth-order valence-corrected chi connectivity index (χ4v) is 18.2. The highest BCUT2D eigenvalue weighted by Crippen LogP contribution is 2.64. The van der Waals surface area contributed by atoms with Gasteiger partial charge in [0.05, 0.1) is 49.4 Å². The predicted molar refractivity (Wildman–Crippen MR) is 284 cm³/mol. The van der Waals surface area contributed by atoms with Crippen molar-refractivity contribution in [3.63, 3.8) is 0 Å². The van der Waals surface area contributed by atoms with Gasteiger partial charge in [0.2, 0.25) is 17.7 Å². The number of rotatable bonds is 17. The van der Waals surface area contributed by atoms with E-state index in [9.17, 15) is 24.3 Å². The van der Waals surface area contributed by atoms with Crippen LogP contribution in [0.15, 0.2) is 12.7 Å². The van der Waals surface area contributed by atoms with Gasteiger partial charge in [-0.2, -0.15) is 0 Å². The average molecular weight is 1140 g/mol. The molecule has 5 aliphatic heterocycles. The number of ether oxygens (including phenoxy) is 4. The lowest BCUT2D eigenvalue weighted by Crippen LogP contribution is -2.66. The lowest BCUT2D eigenvalue weighted by molar-refractivity contribution is -0.192. The van der Waals surface area contributed by atoms with Gasteiger partial charge in [0.25, 0.3) is 0 Å². The molecule has 13 atom stereocenters. The van der Waals surface area contributed by atoms with Crippen molar-refractivity contribution < 1.29 is 52.8 Å². The van der Waals surface area contributed by atoms with E-state index >= 15 is 9.59 Å². The Hall–Kier alpha value is -2.67. The Bertz CT molecular complexity index is 2050. The predicted octanol–water partition coefficient (Wildman–Crippen LogP) is 7.16. The molecule has 0 radical (unpaired) electrons. The molecule has 16 heteroatoms. The minimum atomic E-state index is -1.15. The van der Waals surface area contributed by atoms with Crippen molar-refractivity contribution in [2.24, 2.45) is 52.8 Å². The zero-order chi connectivity index (χ0) is 51.8. The maximum Gasteiger partial charge on any atom is 0.324 e. The molecule has 0 bridgehead atoms. The first-order valence-corrected chi connectivity index (χ1v) is 30.8. The number of ketones is 1. The van der Waals surface area contributed by atoms with E-state index in [1.54, 1.807) is 11.0 Å². The van der Waals surface area contributed by atoms with Gasteiger partial charge in [-0.15, -0.1) is 0 Å². The van der Waals surface area contributed by atoms with Crippen molar-refractivity contribution in [1.82, 2.24) is 20.4 Å². The summed E-state index contributed by atoms with van der Waals surface area (Å²) in [6.45, 7) is 8.83. The molecule has 1 spiro atoms. The second kappa shape index (κ2) is 23.7. The highest BCUT2D eigenvalue weighted by Gasteiger charge is 2.78. The third-order valence-electron chi connectivity index (χ3n) is 20.4.